The Bertz CT molecular complexity index is 574. The number of alkyl halides is 3. The first-order chi connectivity index (χ1) is 9.84. The molecule has 1 atom stereocenters. The molecule has 1 aromatic rings. The van der Waals surface area contributed by atoms with Gasteiger partial charge in [0.15, 0.2) is 0 Å². The molecule has 1 aromatic carbocycles. The van der Waals surface area contributed by atoms with Crippen molar-refractivity contribution in [2.24, 2.45) is 0 Å². The Labute approximate surface area is 132 Å². The number of benzene rings is 1. The molecule has 0 bridgehead atoms. The Morgan fingerprint density at radius 2 is 1.73 bits per heavy atom. The molecule has 0 N–H and O–H groups in total. The molecule has 0 spiro atoms. The van der Waals surface area contributed by atoms with Crippen molar-refractivity contribution in [1.29, 1.82) is 0 Å². The summed E-state index contributed by atoms with van der Waals surface area (Å²) in [5, 5.41) is 0.0428. The molecule has 0 aliphatic heterocycles. The van der Waals surface area contributed by atoms with Gasteiger partial charge in [-0.05, 0) is 36.7 Å². The van der Waals surface area contributed by atoms with Crippen LogP contribution in [0.4, 0.5) is 13.2 Å². The van der Waals surface area contributed by atoms with Gasteiger partial charge < -0.3 is 4.43 Å². The van der Waals surface area contributed by atoms with Crippen molar-refractivity contribution in [3.8, 4) is 12.0 Å². The van der Waals surface area contributed by atoms with Crippen LogP contribution in [0, 0.1) is 12.0 Å². The number of hydrogen-bond acceptors (Lipinski definition) is 1. The second kappa shape index (κ2) is 6.37. The molecule has 0 aliphatic carbocycles. The molecule has 0 aromatic heterocycles. The van der Waals surface area contributed by atoms with Gasteiger partial charge in [0.25, 0.3) is 8.32 Å². The standard InChI is InChI=1S/C17H23F3OSi/c1-13(10-11-21-22(5,6)16(2,3)4)14-8-7-9-15(12-14)17(18,19)20/h7-9,12-13H,1-6H3. The van der Waals surface area contributed by atoms with Gasteiger partial charge in [-0.1, -0.05) is 44.9 Å². The summed E-state index contributed by atoms with van der Waals surface area (Å²) in [6.45, 7) is 12.3. The van der Waals surface area contributed by atoms with Gasteiger partial charge in [-0.25, -0.2) is 0 Å². The van der Waals surface area contributed by atoms with E-state index in [0.717, 1.165) is 12.1 Å². The largest absolute Gasteiger partial charge is 0.500 e. The smallest absolute Gasteiger partial charge is 0.416 e. The van der Waals surface area contributed by atoms with Gasteiger partial charge in [0.1, 0.15) is 0 Å². The lowest BCUT2D eigenvalue weighted by molar-refractivity contribution is -0.137. The molecule has 0 saturated carbocycles. The fraction of sp³-hybridized carbons (Fsp3) is 0.529. The van der Waals surface area contributed by atoms with Crippen molar-refractivity contribution < 1.29 is 17.6 Å². The van der Waals surface area contributed by atoms with Gasteiger partial charge in [0.2, 0.25) is 0 Å². The molecule has 122 valence electrons. The van der Waals surface area contributed by atoms with E-state index in [-0.39, 0.29) is 11.0 Å². The van der Waals surface area contributed by atoms with Gasteiger partial charge in [0, 0.05) is 5.92 Å². The maximum absolute atomic E-state index is 12.7. The number of halogens is 3. The first-order valence-corrected chi connectivity index (χ1v) is 10.1. The van der Waals surface area contributed by atoms with E-state index in [1.807, 2.05) is 0 Å². The summed E-state index contributed by atoms with van der Waals surface area (Å²) in [7, 11) is -1.97. The first kappa shape index (κ1) is 18.6. The highest BCUT2D eigenvalue weighted by molar-refractivity contribution is 6.74. The lowest BCUT2D eigenvalue weighted by Gasteiger charge is -2.33. The summed E-state index contributed by atoms with van der Waals surface area (Å²) in [4.78, 5) is 0. The summed E-state index contributed by atoms with van der Waals surface area (Å²) < 4.78 is 43.9. The first-order valence-electron chi connectivity index (χ1n) is 7.20. The molecule has 0 fully saturated rings. The third-order valence-corrected chi connectivity index (χ3v) is 8.33. The van der Waals surface area contributed by atoms with Crippen LogP contribution in [0.2, 0.25) is 18.1 Å². The van der Waals surface area contributed by atoms with E-state index in [0.29, 0.717) is 5.56 Å². The van der Waals surface area contributed by atoms with E-state index in [1.165, 1.54) is 6.07 Å². The quantitative estimate of drug-likeness (QED) is 0.493. The maximum atomic E-state index is 12.7. The van der Waals surface area contributed by atoms with E-state index in [4.69, 9.17) is 4.43 Å². The zero-order chi connectivity index (χ0) is 17.2. The van der Waals surface area contributed by atoms with Crippen LogP contribution in [-0.2, 0) is 10.6 Å². The molecule has 0 saturated heterocycles. The van der Waals surface area contributed by atoms with Crippen LogP contribution >= 0.6 is 0 Å². The van der Waals surface area contributed by atoms with Crippen molar-refractivity contribution >= 4 is 8.32 Å². The van der Waals surface area contributed by atoms with Crippen molar-refractivity contribution in [3.63, 3.8) is 0 Å². The fourth-order valence-corrected chi connectivity index (χ4v) is 2.09. The predicted molar refractivity (Wildman–Crippen MR) is 85.9 cm³/mol. The summed E-state index contributed by atoms with van der Waals surface area (Å²) in [5.74, 6) is 2.59. The molecule has 1 rings (SSSR count). The van der Waals surface area contributed by atoms with Crippen molar-refractivity contribution in [3.05, 3.63) is 35.4 Å². The second-order valence-electron chi connectivity index (χ2n) is 6.95. The molecular weight excluding hydrogens is 305 g/mol. The average molecular weight is 328 g/mol. The molecule has 22 heavy (non-hydrogen) atoms. The Morgan fingerprint density at radius 1 is 1.14 bits per heavy atom. The Hall–Kier alpha value is -1.41. The van der Waals surface area contributed by atoms with Crippen LogP contribution in [0.1, 0.15) is 44.7 Å². The predicted octanol–water partition coefficient (Wildman–Crippen LogP) is 5.79. The van der Waals surface area contributed by atoms with E-state index < -0.39 is 20.1 Å². The zero-order valence-electron chi connectivity index (χ0n) is 13.9. The third kappa shape index (κ3) is 4.81. The highest BCUT2D eigenvalue weighted by Crippen LogP contribution is 2.36. The average Bonchev–Trinajstić information content (AvgIpc) is 2.36. The fourth-order valence-electron chi connectivity index (χ4n) is 1.47. The number of rotatable bonds is 2. The molecule has 0 aliphatic rings. The summed E-state index contributed by atoms with van der Waals surface area (Å²) in [6, 6.07) is 5.27. The van der Waals surface area contributed by atoms with E-state index in [9.17, 15) is 13.2 Å². The third-order valence-electron chi connectivity index (χ3n) is 4.10. The highest BCUT2D eigenvalue weighted by atomic mass is 28.4. The molecule has 1 unspecified atom stereocenters. The summed E-state index contributed by atoms with van der Waals surface area (Å²) >= 11 is 0. The lowest BCUT2D eigenvalue weighted by atomic mass is 10.00. The van der Waals surface area contributed by atoms with Crippen LogP contribution in [0.25, 0.3) is 0 Å². The van der Waals surface area contributed by atoms with E-state index in [1.54, 1.807) is 13.0 Å². The minimum atomic E-state index is -4.33. The van der Waals surface area contributed by atoms with Crippen LogP contribution < -0.4 is 0 Å². The maximum Gasteiger partial charge on any atom is 0.416 e. The van der Waals surface area contributed by atoms with E-state index >= 15 is 0 Å². The zero-order valence-corrected chi connectivity index (χ0v) is 14.9. The van der Waals surface area contributed by atoms with Crippen molar-refractivity contribution in [2.45, 2.75) is 57.9 Å². The molecule has 5 heteroatoms. The van der Waals surface area contributed by atoms with Crippen LogP contribution in [-0.4, -0.2) is 8.32 Å². The number of hydrogen-bond donors (Lipinski definition) is 0. The minimum Gasteiger partial charge on any atom is -0.500 e. The topological polar surface area (TPSA) is 9.23 Å². The molecule has 0 radical (unpaired) electrons. The van der Waals surface area contributed by atoms with Gasteiger partial charge in [-0.2, -0.15) is 13.2 Å². The lowest BCUT2D eigenvalue weighted by Crippen LogP contribution is -2.39. The molecule has 0 heterocycles. The van der Waals surface area contributed by atoms with Crippen LogP contribution in [0.5, 0.6) is 0 Å². The molecular formula is C17H23F3OSi. The Morgan fingerprint density at radius 3 is 2.23 bits per heavy atom. The highest BCUT2D eigenvalue weighted by Gasteiger charge is 2.38. The van der Waals surface area contributed by atoms with Crippen molar-refractivity contribution in [2.75, 3.05) is 0 Å². The van der Waals surface area contributed by atoms with Gasteiger partial charge in [0.05, 0.1) is 11.7 Å². The second-order valence-corrected chi connectivity index (χ2v) is 11.7. The van der Waals surface area contributed by atoms with Crippen molar-refractivity contribution in [1.82, 2.24) is 0 Å². The minimum absolute atomic E-state index is 0.0428. The van der Waals surface area contributed by atoms with Crippen LogP contribution in [0.15, 0.2) is 24.3 Å². The van der Waals surface area contributed by atoms with Gasteiger partial charge in [-0.15, -0.1) is 0 Å². The summed E-state index contributed by atoms with van der Waals surface area (Å²) in [5.41, 5.74) is -0.106. The van der Waals surface area contributed by atoms with E-state index in [2.05, 4.69) is 45.9 Å². The molecule has 0 amide bonds. The SMILES string of the molecule is CC(C#CO[Si](C)(C)C(C)(C)C)c1cccc(C(F)(F)F)c1. The monoisotopic (exact) mass is 328 g/mol. The molecule has 1 nitrogen and oxygen atoms in total. The Balaban J connectivity index is 2.88. The Kier molecular flexibility index (Phi) is 5.40. The summed E-state index contributed by atoms with van der Waals surface area (Å²) in [6.07, 6.45) is -1.61. The van der Waals surface area contributed by atoms with Gasteiger partial charge >= 0.3 is 6.18 Å². The normalized spacial score (nSPS) is 14.0. The van der Waals surface area contributed by atoms with Crippen LogP contribution in [0.3, 0.4) is 0 Å². The van der Waals surface area contributed by atoms with Gasteiger partial charge in [-0.3, -0.25) is 0 Å².